The largest absolute Gasteiger partial charge is 0.456 e. The number of hydrogen-bond acceptors (Lipinski definition) is 6. The highest BCUT2D eigenvalue weighted by molar-refractivity contribution is 5.82. The average molecular weight is 499 g/mol. The van der Waals surface area contributed by atoms with E-state index in [4.69, 9.17) is 14.2 Å². The van der Waals surface area contributed by atoms with Gasteiger partial charge < -0.3 is 24.4 Å². The van der Waals surface area contributed by atoms with Gasteiger partial charge in [-0.05, 0) is 51.4 Å². The molecule has 0 spiro atoms. The van der Waals surface area contributed by atoms with E-state index in [9.17, 15) is 15.0 Å². The summed E-state index contributed by atoms with van der Waals surface area (Å²) >= 11 is 0. The first kappa shape index (κ1) is 28.3. The van der Waals surface area contributed by atoms with Crippen LogP contribution in [0.1, 0.15) is 58.8 Å². The summed E-state index contributed by atoms with van der Waals surface area (Å²) in [5, 5.41) is 21.3. The Balaban J connectivity index is 1.70. The molecule has 36 heavy (non-hydrogen) atoms. The molecule has 6 heteroatoms. The summed E-state index contributed by atoms with van der Waals surface area (Å²) in [5.74, 6) is -0.123. The first-order chi connectivity index (χ1) is 17.3. The molecular formula is C30H42O6. The third-order valence-corrected chi connectivity index (χ3v) is 6.70. The highest BCUT2D eigenvalue weighted by atomic mass is 16.6. The SMILES string of the molecule is C=C1CC(O)/C=C/C[C@@H]([C@@H](O)/C=C/[C@@H]2CC(C)=CCO2)OC(=O)/C=C/C[C@@H]2C=CC[C@@H](C[C@@H](C)C1)O2. The molecule has 0 aromatic rings. The van der Waals surface area contributed by atoms with Crippen molar-refractivity contribution in [2.45, 2.75) is 95.4 Å². The van der Waals surface area contributed by atoms with Gasteiger partial charge in [0, 0.05) is 12.5 Å². The normalized spacial score (nSPS) is 35.8. The van der Waals surface area contributed by atoms with Gasteiger partial charge in [-0.3, -0.25) is 0 Å². The van der Waals surface area contributed by atoms with E-state index in [0.717, 1.165) is 31.3 Å². The molecule has 3 aliphatic heterocycles. The Morgan fingerprint density at radius 3 is 2.72 bits per heavy atom. The van der Waals surface area contributed by atoms with Gasteiger partial charge in [-0.25, -0.2) is 4.79 Å². The molecule has 3 rings (SSSR count). The number of ether oxygens (including phenoxy) is 3. The summed E-state index contributed by atoms with van der Waals surface area (Å²) in [7, 11) is 0. The maximum absolute atomic E-state index is 12.5. The Morgan fingerprint density at radius 1 is 1.11 bits per heavy atom. The van der Waals surface area contributed by atoms with Crippen molar-refractivity contribution in [1.82, 2.24) is 0 Å². The number of rotatable bonds is 3. The van der Waals surface area contributed by atoms with Crippen LogP contribution in [0, 0.1) is 5.92 Å². The van der Waals surface area contributed by atoms with E-state index in [2.05, 4.69) is 26.5 Å². The zero-order chi connectivity index (χ0) is 25.9. The van der Waals surface area contributed by atoms with E-state index in [1.54, 1.807) is 24.3 Å². The monoisotopic (exact) mass is 498 g/mol. The van der Waals surface area contributed by atoms with Gasteiger partial charge in [0.1, 0.15) is 12.2 Å². The van der Waals surface area contributed by atoms with E-state index in [1.807, 2.05) is 18.2 Å². The van der Waals surface area contributed by atoms with Crippen molar-refractivity contribution in [2.24, 2.45) is 5.92 Å². The van der Waals surface area contributed by atoms with Crippen LogP contribution in [0.5, 0.6) is 0 Å². The molecular weight excluding hydrogens is 456 g/mol. The number of aliphatic hydroxyl groups excluding tert-OH is 2. The fourth-order valence-corrected chi connectivity index (χ4v) is 4.86. The predicted octanol–water partition coefficient (Wildman–Crippen LogP) is 4.89. The second kappa shape index (κ2) is 14.5. The Hall–Kier alpha value is -2.25. The lowest BCUT2D eigenvalue weighted by molar-refractivity contribution is -0.147. The van der Waals surface area contributed by atoms with Crippen LogP contribution in [-0.4, -0.2) is 59.4 Å². The van der Waals surface area contributed by atoms with Gasteiger partial charge in [0.25, 0.3) is 0 Å². The van der Waals surface area contributed by atoms with Crippen molar-refractivity contribution in [2.75, 3.05) is 6.61 Å². The quantitative estimate of drug-likeness (QED) is 0.426. The van der Waals surface area contributed by atoms with Crippen molar-refractivity contribution in [3.05, 3.63) is 72.4 Å². The zero-order valence-electron chi connectivity index (χ0n) is 21.6. The van der Waals surface area contributed by atoms with E-state index >= 15 is 0 Å². The molecule has 0 saturated carbocycles. The van der Waals surface area contributed by atoms with Crippen molar-refractivity contribution in [1.29, 1.82) is 0 Å². The minimum Gasteiger partial charge on any atom is -0.456 e. The summed E-state index contributed by atoms with van der Waals surface area (Å²) in [6, 6.07) is 0. The molecule has 3 heterocycles. The smallest absolute Gasteiger partial charge is 0.330 e. The lowest BCUT2D eigenvalue weighted by Crippen LogP contribution is -2.30. The molecule has 0 fully saturated rings. The zero-order valence-corrected chi connectivity index (χ0v) is 21.6. The van der Waals surface area contributed by atoms with Crippen LogP contribution in [0.3, 0.4) is 0 Å². The number of cyclic esters (lactones) is 1. The lowest BCUT2D eigenvalue weighted by atomic mass is 9.91. The molecule has 0 aliphatic carbocycles. The number of esters is 1. The van der Waals surface area contributed by atoms with Crippen LogP contribution in [-0.2, 0) is 19.0 Å². The molecule has 0 aromatic carbocycles. The summed E-state index contributed by atoms with van der Waals surface area (Å²) in [5.41, 5.74) is 2.24. The molecule has 6 nitrogen and oxygen atoms in total. The average Bonchev–Trinajstić information content (AvgIpc) is 2.81. The number of hydrogen-bond donors (Lipinski definition) is 2. The lowest BCUT2D eigenvalue weighted by Gasteiger charge is -2.28. The Bertz CT molecular complexity index is 882. The highest BCUT2D eigenvalue weighted by Gasteiger charge is 2.23. The second-order valence-electron chi connectivity index (χ2n) is 10.3. The number of carbonyl (C=O) groups is 1. The van der Waals surface area contributed by atoms with Gasteiger partial charge in [-0.2, -0.15) is 0 Å². The Kier molecular flexibility index (Phi) is 11.4. The molecule has 3 aliphatic rings. The van der Waals surface area contributed by atoms with Crippen molar-refractivity contribution in [3.63, 3.8) is 0 Å². The topological polar surface area (TPSA) is 85.2 Å². The minimum absolute atomic E-state index is 0.0795. The summed E-state index contributed by atoms with van der Waals surface area (Å²) in [4.78, 5) is 12.5. The maximum Gasteiger partial charge on any atom is 0.330 e. The summed E-state index contributed by atoms with van der Waals surface area (Å²) in [6.07, 6.45) is 18.5. The van der Waals surface area contributed by atoms with E-state index in [-0.39, 0.29) is 24.7 Å². The molecule has 0 aromatic heterocycles. The second-order valence-corrected chi connectivity index (χ2v) is 10.3. The van der Waals surface area contributed by atoms with Crippen LogP contribution >= 0.6 is 0 Å². The molecule has 1 unspecified atom stereocenters. The van der Waals surface area contributed by atoms with E-state index in [0.29, 0.717) is 25.4 Å². The van der Waals surface area contributed by atoms with Gasteiger partial charge in [0.15, 0.2) is 0 Å². The molecule has 0 saturated heterocycles. The van der Waals surface area contributed by atoms with Gasteiger partial charge in [0.05, 0.1) is 31.0 Å². The fourth-order valence-electron chi connectivity index (χ4n) is 4.86. The number of fused-ring (bicyclic) bond motifs is 2. The van der Waals surface area contributed by atoms with Crippen molar-refractivity contribution >= 4 is 5.97 Å². The van der Waals surface area contributed by atoms with E-state index < -0.39 is 24.3 Å². The Labute approximate surface area is 215 Å². The van der Waals surface area contributed by atoms with Crippen LogP contribution in [0.4, 0.5) is 0 Å². The minimum atomic E-state index is -1.01. The van der Waals surface area contributed by atoms with Gasteiger partial charge >= 0.3 is 5.97 Å². The van der Waals surface area contributed by atoms with Gasteiger partial charge in [0.2, 0.25) is 0 Å². The van der Waals surface area contributed by atoms with E-state index in [1.165, 1.54) is 11.6 Å². The fraction of sp³-hybridized carbons (Fsp3) is 0.567. The standard InChI is InChI=1S/C30H42O6/c1-21-15-16-34-26(19-21)13-14-28(32)29-11-4-7-24(31)18-22(2)17-23(3)20-27-10-5-8-25(35-27)9-6-12-30(33)36-29/h4-8,12-15,23-29,31-32H,2,9-11,16-20H2,1,3H3/b7-4+,12-6+,14-13+/t23-,24?,25-,26+,27-,28-,29-/m0/s1. The molecule has 7 atom stereocenters. The third-order valence-electron chi connectivity index (χ3n) is 6.70. The first-order valence-electron chi connectivity index (χ1n) is 13.1. The van der Waals surface area contributed by atoms with Gasteiger partial charge in [-0.1, -0.05) is 73.3 Å². The molecule has 198 valence electrons. The number of aliphatic hydroxyl groups is 2. The number of carbonyl (C=O) groups excluding carboxylic acids is 1. The maximum atomic E-state index is 12.5. The highest BCUT2D eigenvalue weighted by Crippen LogP contribution is 2.26. The first-order valence-corrected chi connectivity index (χ1v) is 13.1. The van der Waals surface area contributed by atoms with Crippen molar-refractivity contribution in [3.8, 4) is 0 Å². The molecule has 2 bridgehead atoms. The van der Waals surface area contributed by atoms with Crippen LogP contribution in [0.25, 0.3) is 0 Å². The van der Waals surface area contributed by atoms with Crippen molar-refractivity contribution < 1.29 is 29.2 Å². The third kappa shape index (κ3) is 10.0. The molecule has 2 N–H and O–H groups in total. The van der Waals surface area contributed by atoms with Crippen LogP contribution < -0.4 is 0 Å². The summed E-state index contributed by atoms with van der Waals surface area (Å²) < 4.78 is 17.5. The van der Waals surface area contributed by atoms with Crippen LogP contribution in [0.2, 0.25) is 0 Å². The predicted molar refractivity (Wildman–Crippen MR) is 141 cm³/mol. The molecule has 0 radical (unpaired) electrons. The Morgan fingerprint density at radius 2 is 1.92 bits per heavy atom. The molecule has 0 amide bonds. The van der Waals surface area contributed by atoms with Gasteiger partial charge in [-0.15, -0.1) is 0 Å². The van der Waals surface area contributed by atoms with Crippen LogP contribution in [0.15, 0.2) is 72.4 Å². The summed E-state index contributed by atoms with van der Waals surface area (Å²) in [6.45, 7) is 8.95.